The largest absolute Gasteiger partial charge is 0.497 e. The number of ether oxygens (including phenoxy) is 2. The van der Waals surface area contributed by atoms with Gasteiger partial charge in [-0.1, -0.05) is 35.3 Å². The quantitative estimate of drug-likeness (QED) is 0.321. The van der Waals surface area contributed by atoms with Crippen molar-refractivity contribution in [3.05, 3.63) is 93.2 Å². The Morgan fingerprint density at radius 3 is 2.21 bits per heavy atom. The number of nitriles is 1. The van der Waals surface area contributed by atoms with Crippen LogP contribution in [0.2, 0.25) is 10.0 Å². The van der Waals surface area contributed by atoms with Gasteiger partial charge >= 0.3 is 0 Å². The average Bonchev–Trinajstić information content (AvgIpc) is 2.73. The molecule has 3 aromatic rings. The van der Waals surface area contributed by atoms with E-state index in [1.165, 1.54) is 12.1 Å². The lowest BCUT2D eigenvalue weighted by Crippen LogP contribution is -1.97. The van der Waals surface area contributed by atoms with Gasteiger partial charge in [0.05, 0.1) is 28.8 Å². The summed E-state index contributed by atoms with van der Waals surface area (Å²) in [6, 6.07) is 18.7. The van der Waals surface area contributed by atoms with Crippen molar-refractivity contribution >= 4 is 34.9 Å². The molecule has 0 aliphatic rings. The fourth-order valence-electron chi connectivity index (χ4n) is 2.65. The van der Waals surface area contributed by atoms with E-state index in [0.29, 0.717) is 32.7 Å². The summed E-state index contributed by atoms with van der Waals surface area (Å²) in [6.45, 7) is 0.199. The van der Waals surface area contributed by atoms with Crippen LogP contribution in [0, 0.1) is 17.1 Å². The molecule has 0 amide bonds. The molecule has 0 saturated heterocycles. The first-order valence-electron chi connectivity index (χ1n) is 8.62. The van der Waals surface area contributed by atoms with Crippen molar-refractivity contribution in [2.24, 2.45) is 0 Å². The number of hydrogen-bond acceptors (Lipinski definition) is 3. The average molecular weight is 428 g/mol. The number of allylic oxidation sites excluding steroid dienone is 1. The van der Waals surface area contributed by atoms with Crippen LogP contribution in [0.1, 0.15) is 16.7 Å². The third-order valence-electron chi connectivity index (χ3n) is 4.15. The van der Waals surface area contributed by atoms with Gasteiger partial charge in [-0.2, -0.15) is 5.26 Å². The maximum atomic E-state index is 13.0. The molecule has 3 aromatic carbocycles. The molecule has 0 spiro atoms. The molecule has 0 saturated carbocycles. The molecule has 0 aromatic heterocycles. The van der Waals surface area contributed by atoms with Crippen molar-refractivity contribution in [2.75, 3.05) is 7.11 Å². The molecular weight excluding hydrogens is 412 g/mol. The number of hydrogen-bond donors (Lipinski definition) is 0. The highest BCUT2D eigenvalue weighted by molar-refractivity contribution is 6.37. The first-order chi connectivity index (χ1) is 14.0. The normalized spacial score (nSPS) is 11.1. The Labute approximate surface area is 178 Å². The Kier molecular flexibility index (Phi) is 6.77. The van der Waals surface area contributed by atoms with E-state index in [1.807, 2.05) is 0 Å². The summed E-state index contributed by atoms with van der Waals surface area (Å²) in [5.74, 6) is 0.726. The molecule has 0 fully saturated rings. The number of methoxy groups -OCH3 is 1. The maximum Gasteiger partial charge on any atom is 0.157 e. The minimum absolute atomic E-state index is 0.199. The SMILES string of the molecule is COc1ccc(/C(C#N)=C/c2cc(Cl)c(OCc3ccc(F)cc3)c(Cl)c2)cc1. The van der Waals surface area contributed by atoms with Crippen molar-refractivity contribution in [3.63, 3.8) is 0 Å². The third-order valence-corrected chi connectivity index (χ3v) is 4.71. The molecule has 0 heterocycles. The molecule has 3 nitrogen and oxygen atoms in total. The summed E-state index contributed by atoms with van der Waals surface area (Å²) in [7, 11) is 1.58. The van der Waals surface area contributed by atoms with Crippen LogP contribution in [0.5, 0.6) is 11.5 Å². The molecule has 0 unspecified atom stereocenters. The fraction of sp³-hybridized carbons (Fsp3) is 0.0870. The van der Waals surface area contributed by atoms with Crippen molar-refractivity contribution in [1.29, 1.82) is 5.26 Å². The molecule has 29 heavy (non-hydrogen) atoms. The Morgan fingerprint density at radius 1 is 1.03 bits per heavy atom. The Hall–Kier alpha value is -3.00. The van der Waals surface area contributed by atoms with Crippen molar-refractivity contribution < 1.29 is 13.9 Å². The van der Waals surface area contributed by atoms with Crippen LogP contribution >= 0.6 is 23.2 Å². The van der Waals surface area contributed by atoms with Gasteiger partial charge in [-0.3, -0.25) is 0 Å². The number of nitrogens with zero attached hydrogens (tertiary/aromatic N) is 1. The second kappa shape index (κ2) is 9.47. The Balaban J connectivity index is 1.82. The molecule has 6 heteroatoms. The summed E-state index contributed by atoms with van der Waals surface area (Å²) in [6.07, 6.45) is 1.70. The highest BCUT2D eigenvalue weighted by Gasteiger charge is 2.11. The number of rotatable bonds is 6. The van der Waals surface area contributed by atoms with E-state index in [0.717, 1.165) is 11.1 Å². The van der Waals surface area contributed by atoms with Gasteiger partial charge in [0.1, 0.15) is 18.2 Å². The van der Waals surface area contributed by atoms with E-state index in [4.69, 9.17) is 32.7 Å². The second-order valence-electron chi connectivity index (χ2n) is 6.13. The van der Waals surface area contributed by atoms with Crippen molar-refractivity contribution in [2.45, 2.75) is 6.61 Å². The summed E-state index contributed by atoms with van der Waals surface area (Å²) in [5.41, 5.74) is 2.66. The lowest BCUT2D eigenvalue weighted by atomic mass is 10.0. The minimum atomic E-state index is -0.314. The summed E-state index contributed by atoms with van der Waals surface area (Å²) in [5, 5.41) is 10.2. The van der Waals surface area contributed by atoms with Gasteiger partial charge in [0, 0.05) is 0 Å². The molecule has 146 valence electrons. The number of benzene rings is 3. The van der Waals surface area contributed by atoms with Gasteiger partial charge in [-0.25, -0.2) is 4.39 Å². The molecule has 0 radical (unpaired) electrons. The molecular formula is C23H16Cl2FNO2. The third kappa shape index (κ3) is 5.29. The van der Waals surface area contributed by atoms with Gasteiger partial charge < -0.3 is 9.47 Å². The maximum absolute atomic E-state index is 13.0. The molecule has 3 rings (SSSR count). The van der Waals surface area contributed by atoms with E-state index < -0.39 is 0 Å². The van der Waals surface area contributed by atoms with Crippen LogP contribution in [0.25, 0.3) is 11.6 Å². The van der Waals surface area contributed by atoms with Crippen LogP contribution in [-0.2, 0) is 6.61 Å². The topological polar surface area (TPSA) is 42.2 Å². The van der Waals surface area contributed by atoms with E-state index in [-0.39, 0.29) is 12.4 Å². The van der Waals surface area contributed by atoms with E-state index in [1.54, 1.807) is 61.7 Å². The van der Waals surface area contributed by atoms with Gasteiger partial charge in [0.15, 0.2) is 5.75 Å². The predicted octanol–water partition coefficient (Wildman–Crippen LogP) is 6.78. The zero-order chi connectivity index (χ0) is 20.8. The van der Waals surface area contributed by atoms with E-state index >= 15 is 0 Å². The van der Waals surface area contributed by atoms with Gasteiger partial charge in [0.25, 0.3) is 0 Å². The van der Waals surface area contributed by atoms with Crippen LogP contribution < -0.4 is 9.47 Å². The lowest BCUT2D eigenvalue weighted by molar-refractivity contribution is 0.306. The standard InChI is InChI=1S/C23H16Cl2FNO2/c1-28-20-8-4-17(5-9-20)18(13-27)10-16-11-21(24)23(22(25)12-16)29-14-15-2-6-19(26)7-3-15/h2-12H,14H2,1H3/b18-10+. The summed E-state index contributed by atoms with van der Waals surface area (Å²) in [4.78, 5) is 0. The lowest BCUT2D eigenvalue weighted by Gasteiger charge is -2.11. The Bertz CT molecular complexity index is 1050. The highest BCUT2D eigenvalue weighted by Crippen LogP contribution is 2.36. The van der Waals surface area contributed by atoms with Crippen molar-refractivity contribution in [3.8, 4) is 17.6 Å². The zero-order valence-electron chi connectivity index (χ0n) is 15.5. The highest BCUT2D eigenvalue weighted by atomic mass is 35.5. The minimum Gasteiger partial charge on any atom is -0.497 e. The Morgan fingerprint density at radius 2 is 1.66 bits per heavy atom. The van der Waals surface area contributed by atoms with Gasteiger partial charge in [-0.05, 0) is 71.3 Å². The van der Waals surface area contributed by atoms with Crippen LogP contribution in [0.15, 0.2) is 60.7 Å². The van der Waals surface area contributed by atoms with Gasteiger partial charge in [-0.15, -0.1) is 0 Å². The second-order valence-corrected chi connectivity index (χ2v) is 6.94. The van der Waals surface area contributed by atoms with Crippen LogP contribution in [-0.4, -0.2) is 7.11 Å². The van der Waals surface area contributed by atoms with Crippen LogP contribution in [0.3, 0.4) is 0 Å². The summed E-state index contributed by atoms with van der Waals surface area (Å²) < 4.78 is 23.8. The summed E-state index contributed by atoms with van der Waals surface area (Å²) >= 11 is 12.7. The monoisotopic (exact) mass is 427 g/mol. The van der Waals surface area contributed by atoms with Crippen LogP contribution in [0.4, 0.5) is 4.39 Å². The zero-order valence-corrected chi connectivity index (χ0v) is 17.0. The molecule has 0 aliphatic heterocycles. The number of halogens is 3. The molecule has 0 bridgehead atoms. The first kappa shape index (κ1) is 20.7. The van der Waals surface area contributed by atoms with E-state index in [9.17, 15) is 9.65 Å². The molecule has 0 aliphatic carbocycles. The predicted molar refractivity (Wildman–Crippen MR) is 114 cm³/mol. The fourth-order valence-corrected chi connectivity index (χ4v) is 3.27. The van der Waals surface area contributed by atoms with E-state index in [2.05, 4.69) is 6.07 Å². The molecule has 0 N–H and O–H groups in total. The molecule has 0 atom stereocenters. The smallest absolute Gasteiger partial charge is 0.157 e. The van der Waals surface area contributed by atoms with Gasteiger partial charge in [0.2, 0.25) is 0 Å². The van der Waals surface area contributed by atoms with Crippen molar-refractivity contribution in [1.82, 2.24) is 0 Å². The first-order valence-corrected chi connectivity index (χ1v) is 9.38.